The Labute approximate surface area is 258 Å². The van der Waals surface area contributed by atoms with Crippen LogP contribution in [0.5, 0.6) is 0 Å². The summed E-state index contributed by atoms with van der Waals surface area (Å²) < 4.78 is -0.826. The van der Waals surface area contributed by atoms with E-state index in [9.17, 15) is 19.5 Å². The number of thioether (sulfide) groups is 1. The van der Waals surface area contributed by atoms with Gasteiger partial charge in [0.1, 0.15) is 6.04 Å². The number of likely N-dealkylation sites (tertiary alicyclic amines) is 1. The number of amides is 3. The van der Waals surface area contributed by atoms with E-state index >= 15 is 0 Å². The van der Waals surface area contributed by atoms with Gasteiger partial charge in [0, 0.05) is 22.3 Å². The third-order valence-electron chi connectivity index (χ3n) is 9.01. The monoisotopic (exact) mass is 647 g/mol. The normalized spacial score (nSPS) is 28.4. The Morgan fingerprint density at radius 3 is 2.29 bits per heavy atom. The van der Waals surface area contributed by atoms with Crippen LogP contribution in [-0.2, 0) is 20.9 Å². The molecule has 3 fully saturated rings. The molecule has 0 aromatic heterocycles. The number of para-hydroxylation sites is 1. The molecule has 1 spiro atoms. The van der Waals surface area contributed by atoms with Gasteiger partial charge >= 0.3 is 0 Å². The number of halogens is 1. The highest BCUT2D eigenvalue weighted by Gasteiger charge is 2.76. The Hall–Kier alpha value is -3.14. The summed E-state index contributed by atoms with van der Waals surface area (Å²) in [6, 6.07) is 23.2. The van der Waals surface area contributed by atoms with E-state index in [1.165, 1.54) is 0 Å². The van der Waals surface area contributed by atoms with Crippen LogP contribution in [0.25, 0.3) is 0 Å². The molecule has 3 heterocycles. The van der Waals surface area contributed by atoms with Crippen molar-refractivity contribution in [3.8, 4) is 0 Å². The molecule has 3 aliphatic heterocycles. The molecular weight excluding hydrogens is 614 g/mol. The fraction of sp³-hybridized carbons (Fsp3) is 0.364. The second-order valence-corrected chi connectivity index (χ2v) is 14.2. The third kappa shape index (κ3) is 4.75. The van der Waals surface area contributed by atoms with Gasteiger partial charge in [-0.2, -0.15) is 0 Å². The number of benzene rings is 3. The van der Waals surface area contributed by atoms with Gasteiger partial charge in [-0.05, 0) is 42.5 Å². The van der Waals surface area contributed by atoms with E-state index in [1.807, 2.05) is 92.7 Å². The summed E-state index contributed by atoms with van der Waals surface area (Å²) >= 11 is 5.41. The van der Waals surface area contributed by atoms with Crippen LogP contribution in [0.3, 0.4) is 0 Å². The Bertz CT molecular complexity index is 1490. The van der Waals surface area contributed by atoms with Gasteiger partial charge in [0.05, 0.1) is 29.2 Å². The van der Waals surface area contributed by atoms with Crippen molar-refractivity contribution >= 4 is 51.1 Å². The van der Waals surface area contributed by atoms with Crippen LogP contribution in [-0.4, -0.2) is 55.2 Å². The minimum atomic E-state index is -0.881. The second-order valence-electron chi connectivity index (χ2n) is 11.5. The van der Waals surface area contributed by atoms with E-state index in [0.717, 1.165) is 27.9 Å². The number of hydrogen-bond donors (Lipinski definition) is 3. The number of anilines is 1. The highest BCUT2D eigenvalue weighted by Crippen LogP contribution is 2.68. The van der Waals surface area contributed by atoms with Crippen LogP contribution in [0, 0.1) is 25.7 Å². The SMILES string of the molecule is Cc1cccc(C)c1NC(=O)C1N([C@H](CO)c2ccccc2)C(=O)[C@@H]2[C@H](C(=O)NCc3ccccc3)[C@H]3SC12CC3Br. The second kappa shape index (κ2) is 11.5. The number of alkyl halides is 1. The van der Waals surface area contributed by atoms with Crippen LogP contribution in [0.2, 0.25) is 0 Å². The van der Waals surface area contributed by atoms with Crippen molar-refractivity contribution in [2.75, 3.05) is 11.9 Å². The number of aryl methyl sites for hydroxylation is 2. The molecule has 0 aliphatic carbocycles. The molecule has 3 N–H and O–H groups in total. The highest BCUT2D eigenvalue weighted by molar-refractivity contribution is 9.09. The third-order valence-corrected chi connectivity index (χ3v) is 12.2. The maximum Gasteiger partial charge on any atom is 0.248 e. The molecule has 9 heteroatoms. The Morgan fingerprint density at radius 2 is 1.64 bits per heavy atom. The standard InChI is InChI=1S/C33H34BrN3O4S/c1-19-10-9-11-20(2)27(19)36-31(40)29-33-16-23(34)28(42-33)25(30(39)35-17-21-12-5-3-6-13-21)26(33)32(41)37(29)24(18-38)22-14-7-4-8-15-22/h3-15,23-26,28-29,38H,16-18H2,1-2H3,(H,35,39)(H,36,40)/t23?,24-,25+,26+,28+,29?,33?/m1/s1. The summed E-state index contributed by atoms with van der Waals surface area (Å²) in [4.78, 5) is 44.4. The first-order valence-electron chi connectivity index (χ1n) is 14.3. The van der Waals surface area contributed by atoms with E-state index in [-0.39, 0.29) is 34.4 Å². The van der Waals surface area contributed by atoms with Gasteiger partial charge in [-0.3, -0.25) is 14.4 Å². The van der Waals surface area contributed by atoms with Gasteiger partial charge in [-0.1, -0.05) is 94.8 Å². The fourth-order valence-corrected chi connectivity index (χ4v) is 10.7. The fourth-order valence-electron chi connectivity index (χ4n) is 7.14. The number of fused-ring (bicyclic) bond motifs is 1. The average molecular weight is 649 g/mol. The summed E-state index contributed by atoms with van der Waals surface area (Å²) in [5.41, 5.74) is 4.29. The predicted octanol–water partition coefficient (Wildman–Crippen LogP) is 4.76. The molecule has 0 radical (unpaired) electrons. The highest BCUT2D eigenvalue weighted by atomic mass is 79.9. The molecule has 3 aliphatic rings. The van der Waals surface area contributed by atoms with Crippen molar-refractivity contribution in [2.45, 2.75) is 53.7 Å². The van der Waals surface area contributed by atoms with Gasteiger partial charge in [-0.15, -0.1) is 11.8 Å². The number of hydrogen-bond acceptors (Lipinski definition) is 5. The van der Waals surface area contributed by atoms with Crippen LogP contribution >= 0.6 is 27.7 Å². The van der Waals surface area contributed by atoms with Crippen LogP contribution < -0.4 is 10.6 Å². The quantitative estimate of drug-likeness (QED) is 0.306. The van der Waals surface area contributed by atoms with E-state index in [1.54, 1.807) is 16.7 Å². The topological polar surface area (TPSA) is 98.7 Å². The lowest BCUT2D eigenvalue weighted by Crippen LogP contribution is -2.53. The summed E-state index contributed by atoms with van der Waals surface area (Å²) in [5.74, 6) is -2.04. The number of carbonyl (C=O) groups excluding carboxylic acids is 3. The summed E-state index contributed by atoms with van der Waals surface area (Å²) in [6.07, 6.45) is 0.565. The lowest BCUT2D eigenvalue weighted by molar-refractivity contribution is -0.142. The molecular formula is C33H34BrN3O4S. The van der Waals surface area contributed by atoms with E-state index in [0.29, 0.717) is 13.0 Å². The Balaban J connectivity index is 1.40. The predicted molar refractivity (Wildman–Crippen MR) is 168 cm³/mol. The van der Waals surface area contributed by atoms with Gasteiger partial charge in [0.15, 0.2) is 0 Å². The van der Waals surface area contributed by atoms with Crippen molar-refractivity contribution < 1.29 is 19.5 Å². The lowest BCUT2D eigenvalue weighted by Gasteiger charge is -2.37. The number of aliphatic hydroxyl groups is 1. The molecule has 6 rings (SSSR count). The maximum absolute atomic E-state index is 14.6. The molecule has 3 amide bonds. The summed E-state index contributed by atoms with van der Waals surface area (Å²) in [6.45, 7) is 3.90. The van der Waals surface area contributed by atoms with Gasteiger partial charge in [-0.25, -0.2) is 0 Å². The zero-order chi connectivity index (χ0) is 29.6. The van der Waals surface area contributed by atoms with Gasteiger partial charge < -0.3 is 20.6 Å². The first-order chi connectivity index (χ1) is 20.3. The van der Waals surface area contributed by atoms with Crippen molar-refractivity contribution in [1.29, 1.82) is 0 Å². The molecule has 3 aromatic rings. The molecule has 42 heavy (non-hydrogen) atoms. The molecule has 2 bridgehead atoms. The Kier molecular flexibility index (Phi) is 7.93. The van der Waals surface area contributed by atoms with E-state index in [4.69, 9.17) is 0 Å². The minimum Gasteiger partial charge on any atom is -0.394 e. The zero-order valence-corrected chi connectivity index (χ0v) is 25.9. The number of rotatable bonds is 8. The first-order valence-corrected chi connectivity index (χ1v) is 16.0. The van der Waals surface area contributed by atoms with Gasteiger partial charge in [0.2, 0.25) is 17.7 Å². The maximum atomic E-state index is 14.6. The zero-order valence-electron chi connectivity index (χ0n) is 23.5. The average Bonchev–Trinajstić information content (AvgIpc) is 3.59. The molecule has 7 nitrogen and oxygen atoms in total. The number of nitrogens with one attached hydrogen (secondary N) is 2. The minimum absolute atomic E-state index is 0.0428. The smallest absolute Gasteiger partial charge is 0.248 e. The molecule has 7 atom stereocenters. The van der Waals surface area contributed by atoms with E-state index in [2.05, 4.69) is 26.6 Å². The molecule has 3 saturated heterocycles. The van der Waals surface area contributed by atoms with Crippen LogP contribution in [0.15, 0.2) is 78.9 Å². The van der Waals surface area contributed by atoms with Gasteiger partial charge in [0.25, 0.3) is 0 Å². The number of carbonyl (C=O) groups is 3. The number of nitrogens with zero attached hydrogens (tertiary/aromatic N) is 1. The van der Waals surface area contributed by atoms with Crippen molar-refractivity contribution in [1.82, 2.24) is 10.2 Å². The van der Waals surface area contributed by atoms with Crippen LogP contribution in [0.1, 0.15) is 34.7 Å². The van der Waals surface area contributed by atoms with Crippen molar-refractivity contribution in [3.63, 3.8) is 0 Å². The summed E-state index contributed by atoms with van der Waals surface area (Å²) in [7, 11) is 0. The van der Waals surface area contributed by atoms with Crippen LogP contribution in [0.4, 0.5) is 5.69 Å². The molecule has 218 valence electrons. The van der Waals surface area contributed by atoms with Crippen molar-refractivity contribution in [3.05, 3.63) is 101 Å². The molecule has 0 saturated carbocycles. The van der Waals surface area contributed by atoms with E-state index < -0.39 is 28.7 Å². The van der Waals surface area contributed by atoms with Crippen molar-refractivity contribution in [2.24, 2.45) is 11.8 Å². The summed E-state index contributed by atoms with van der Waals surface area (Å²) in [5, 5.41) is 16.8. The Morgan fingerprint density at radius 1 is 1.00 bits per heavy atom. The first kappa shape index (κ1) is 29.0. The lowest BCUT2D eigenvalue weighted by atomic mass is 9.70. The largest absolute Gasteiger partial charge is 0.394 e. The molecule has 3 unspecified atom stereocenters. The number of aliphatic hydroxyl groups excluding tert-OH is 1. The molecule has 3 aromatic carbocycles.